The van der Waals surface area contributed by atoms with E-state index >= 15 is 0 Å². The predicted molar refractivity (Wildman–Crippen MR) is 50.6 cm³/mol. The summed E-state index contributed by atoms with van der Waals surface area (Å²) in [6.07, 6.45) is 0. The average molecular weight is 180 g/mol. The monoisotopic (exact) mass is 180 g/mol. The third-order valence-corrected chi connectivity index (χ3v) is 1.90. The summed E-state index contributed by atoms with van der Waals surface area (Å²) in [7, 11) is 0. The van der Waals surface area contributed by atoms with Crippen LogP contribution in [0.15, 0.2) is 12.1 Å². The highest BCUT2D eigenvalue weighted by molar-refractivity contribution is 5.75. The van der Waals surface area contributed by atoms with E-state index in [4.69, 9.17) is 20.9 Å². The molecule has 4 nitrogen and oxygen atoms in total. The predicted octanol–water partition coefficient (Wildman–Crippen LogP) is 1.36. The molecular weight excluding hydrogens is 168 g/mol. The van der Waals surface area contributed by atoms with E-state index in [1.807, 2.05) is 13.8 Å². The Morgan fingerprint density at radius 2 is 1.85 bits per heavy atom. The smallest absolute Gasteiger partial charge is 0.246 e. The zero-order valence-electron chi connectivity index (χ0n) is 7.63. The zero-order chi connectivity index (χ0) is 9.64. The van der Waals surface area contributed by atoms with Crippen LogP contribution in [-0.2, 0) is 0 Å². The van der Waals surface area contributed by atoms with E-state index < -0.39 is 5.79 Å². The second-order valence-electron chi connectivity index (χ2n) is 3.50. The van der Waals surface area contributed by atoms with Gasteiger partial charge in [-0.3, -0.25) is 0 Å². The lowest BCUT2D eigenvalue weighted by molar-refractivity contribution is -0.0428. The molecule has 0 amide bonds. The second-order valence-corrected chi connectivity index (χ2v) is 3.50. The number of rotatable bonds is 0. The number of anilines is 2. The summed E-state index contributed by atoms with van der Waals surface area (Å²) >= 11 is 0. The van der Waals surface area contributed by atoms with Gasteiger partial charge in [0, 0.05) is 13.8 Å². The molecule has 0 atom stereocenters. The number of ether oxygens (including phenoxy) is 2. The Kier molecular flexibility index (Phi) is 1.37. The molecule has 1 heterocycles. The molecule has 70 valence electrons. The Labute approximate surface area is 76.4 Å². The van der Waals surface area contributed by atoms with Gasteiger partial charge in [0.25, 0.3) is 0 Å². The quantitative estimate of drug-likeness (QED) is 0.591. The first kappa shape index (κ1) is 8.04. The van der Waals surface area contributed by atoms with E-state index in [2.05, 4.69) is 0 Å². The molecule has 1 aromatic rings. The summed E-state index contributed by atoms with van der Waals surface area (Å²) in [6, 6.07) is 3.47. The van der Waals surface area contributed by atoms with Crippen LogP contribution in [0.4, 0.5) is 11.4 Å². The first-order valence-electron chi connectivity index (χ1n) is 4.05. The van der Waals surface area contributed by atoms with E-state index in [9.17, 15) is 0 Å². The number of hydrogen-bond acceptors (Lipinski definition) is 4. The van der Waals surface area contributed by atoms with Crippen LogP contribution in [0.1, 0.15) is 13.8 Å². The summed E-state index contributed by atoms with van der Waals surface area (Å²) in [4.78, 5) is 0. The molecule has 1 aliphatic rings. The SMILES string of the molecule is CC1(C)Oc2ccc(N)c(N)c2O1. The molecule has 0 saturated carbocycles. The molecule has 13 heavy (non-hydrogen) atoms. The van der Waals surface area contributed by atoms with Gasteiger partial charge in [-0.05, 0) is 12.1 Å². The molecule has 0 spiro atoms. The van der Waals surface area contributed by atoms with E-state index in [1.54, 1.807) is 12.1 Å². The Morgan fingerprint density at radius 3 is 2.54 bits per heavy atom. The van der Waals surface area contributed by atoms with Gasteiger partial charge in [0.2, 0.25) is 5.79 Å². The van der Waals surface area contributed by atoms with Crippen LogP contribution < -0.4 is 20.9 Å². The summed E-state index contributed by atoms with van der Waals surface area (Å²) in [5.41, 5.74) is 12.3. The number of nitrogens with two attached hydrogens (primary N) is 2. The van der Waals surface area contributed by atoms with E-state index in [1.165, 1.54) is 0 Å². The fraction of sp³-hybridized carbons (Fsp3) is 0.333. The maximum absolute atomic E-state index is 5.73. The summed E-state index contributed by atoms with van der Waals surface area (Å²) < 4.78 is 11.0. The fourth-order valence-electron chi connectivity index (χ4n) is 1.31. The van der Waals surface area contributed by atoms with Gasteiger partial charge in [-0.1, -0.05) is 0 Å². The highest BCUT2D eigenvalue weighted by Gasteiger charge is 2.33. The van der Waals surface area contributed by atoms with Crippen molar-refractivity contribution in [3.05, 3.63) is 12.1 Å². The minimum Gasteiger partial charge on any atom is -0.449 e. The van der Waals surface area contributed by atoms with Gasteiger partial charge < -0.3 is 20.9 Å². The second kappa shape index (κ2) is 2.22. The fourth-order valence-corrected chi connectivity index (χ4v) is 1.31. The number of hydrogen-bond donors (Lipinski definition) is 2. The molecule has 0 fully saturated rings. The van der Waals surface area contributed by atoms with Crippen molar-refractivity contribution in [1.29, 1.82) is 0 Å². The van der Waals surface area contributed by atoms with Gasteiger partial charge in [0.1, 0.15) is 5.69 Å². The Bertz CT molecular complexity index is 361. The molecule has 1 aliphatic heterocycles. The van der Waals surface area contributed by atoms with Gasteiger partial charge in [0.05, 0.1) is 5.69 Å². The molecule has 2 rings (SSSR count). The minimum atomic E-state index is -0.649. The van der Waals surface area contributed by atoms with Crippen LogP contribution in [0.25, 0.3) is 0 Å². The Morgan fingerprint density at radius 1 is 1.15 bits per heavy atom. The van der Waals surface area contributed by atoms with Crippen LogP contribution in [0.5, 0.6) is 11.5 Å². The van der Waals surface area contributed by atoms with E-state index in [-0.39, 0.29) is 0 Å². The van der Waals surface area contributed by atoms with Crippen LogP contribution in [0, 0.1) is 0 Å². The molecule has 0 unspecified atom stereocenters. The van der Waals surface area contributed by atoms with Crippen molar-refractivity contribution in [1.82, 2.24) is 0 Å². The van der Waals surface area contributed by atoms with Crippen LogP contribution in [0.3, 0.4) is 0 Å². The van der Waals surface area contributed by atoms with E-state index in [0.29, 0.717) is 22.9 Å². The van der Waals surface area contributed by atoms with Crippen LogP contribution in [-0.4, -0.2) is 5.79 Å². The highest BCUT2D eigenvalue weighted by Crippen LogP contribution is 2.45. The van der Waals surface area contributed by atoms with Crippen LogP contribution in [0.2, 0.25) is 0 Å². The maximum atomic E-state index is 5.73. The third kappa shape index (κ3) is 1.14. The topological polar surface area (TPSA) is 70.5 Å². The number of benzene rings is 1. The largest absolute Gasteiger partial charge is 0.449 e. The van der Waals surface area contributed by atoms with E-state index in [0.717, 1.165) is 0 Å². The molecule has 1 aromatic carbocycles. The van der Waals surface area contributed by atoms with Crippen molar-refractivity contribution in [3.8, 4) is 11.5 Å². The minimum absolute atomic E-state index is 0.447. The molecule has 0 aliphatic carbocycles. The average Bonchev–Trinajstić information content (AvgIpc) is 2.34. The standard InChI is InChI=1S/C9H12N2O2/c1-9(2)12-6-4-3-5(10)7(11)8(6)13-9/h3-4H,10-11H2,1-2H3. The van der Waals surface area contributed by atoms with Gasteiger partial charge in [0.15, 0.2) is 11.5 Å². The first-order chi connectivity index (χ1) is 5.99. The summed E-state index contributed by atoms with van der Waals surface area (Å²) in [6.45, 7) is 3.64. The lowest BCUT2D eigenvalue weighted by atomic mass is 10.2. The number of nitrogen functional groups attached to an aromatic ring is 2. The van der Waals surface area contributed by atoms with Crippen molar-refractivity contribution in [2.24, 2.45) is 0 Å². The van der Waals surface area contributed by atoms with Crippen LogP contribution >= 0.6 is 0 Å². The maximum Gasteiger partial charge on any atom is 0.246 e. The number of fused-ring (bicyclic) bond motifs is 1. The van der Waals surface area contributed by atoms with Crippen molar-refractivity contribution in [3.63, 3.8) is 0 Å². The first-order valence-corrected chi connectivity index (χ1v) is 4.05. The zero-order valence-corrected chi connectivity index (χ0v) is 7.63. The van der Waals surface area contributed by atoms with Gasteiger partial charge in [-0.15, -0.1) is 0 Å². The van der Waals surface area contributed by atoms with Gasteiger partial charge in [-0.25, -0.2) is 0 Å². The Hall–Kier alpha value is -1.58. The molecule has 0 aromatic heterocycles. The molecule has 4 heteroatoms. The molecule has 0 saturated heterocycles. The van der Waals surface area contributed by atoms with Crippen molar-refractivity contribution >= 4 is 11.4 Å². The normalized spacial score (nSPS) is 17.4. The molecule has 0 radical (unpaired) electrons. The lowest BCUT2D eigenvalue weighted by Gasteiger charge is -2.16. The lowest BCUT2D eigenvalue weighted by Crippen LogP contribution is -2.29. The Balaban J connectivity index is 2.53. The molecular formula is C9H12N2O2. The van der Waals surface area contributed by atoms with Crippen molar-refractivity contribution in [2.75, 3.05) is 11.5 Å². The van der Waals surface area contributed by atoms with Gasteiger partial charge >= 0.3 is 0 Å². The summed E-state index contributed by atoms with van der Waals surface area (Å²) in [5, 5.41) is 0. The van der Waals surface area contributed by atoms with Gasteiger partial charge in [-0.2, -0.15) is 0 Å². The van der Waals surface area contributed by atoms with Crippen molar-refractivity contribution in [2.45, 2.75) is 19.6 Å². The van der Waals surface area contributed by atoms with Crippen molar-refractivity contribution < 1.29 is 9.47 Å². The third-order valence-electron chi connectivity index (χ3n) is 1.90. The highest BCUT2D eigenvalue weighted by atomic mass is 16.7. The summed E-state index contributed by atoms with van der Waals surface area (Å²) in [5.74, 6) is 0.547. The molecule has 4 N–H and O–H groups in total. The molecule has 0 bridgehead atoms.